The van der Waals surface area contributed by atoms with Crippen molar-refractivity contribution in [2.45, 2.75) is 18.5 Å². The second-order valence-electron chi connectivity index (χ2n) is 5.14. The molecule has 0 saturated carbocycles. The van der Waals surface area contributed by atoms with Gasteiger partial charge in [-0.05, 0) is 30.2 Å². The largest absolute Gasteiger partial charge is 0.325 e. The summed E-state index contributed by atoms with van der Waals surface area (Å²) in [7, 11) is 0. The zero-order valence-corrected chi connectivity index (χ0v) is 14.2. The summed E-state index contributed by atoms with van der Waals surface area (Å²) in [5, 5.41) is 7.89. The third-order valence-corrected chi connectivity index (χ3v) is 4.47. The van der Waals surface area contributed by atoms with E-state index in [0.29, 0.717) is 5.16 Å². The fourth-order valence-electron chi connectivity index (χ4n) is 2.34. The molecule has 0 aliphatic carbocycles. The second-order valence-corrected chi connectivity index (χ2v) is 6.08. The molecule has 0 bridgehead atoms. The van der Waals surface area contributed by atoms with Crippen LogP contribution in [0.15, 0.2) is 66.1 Å². The van der Waals surface area contributed by atoms with Crippen LogP contribution in [0.5, 0.6) is 0 Å². The van der Waals surface area contributed by atoms with Gasteiger partial charge in [-0.25, -0.2) is 9.67 Å². The van der Waals surface area contributed by atoms with Crippen molar-refractivity contribution in [1.29, 1.82) is 0 Å². The average molecular weight is 338 g/mol. The van der Waals surface area contributed by atoms with Crippen molar-refractivity contribution in [2.75, 3.05) is 11.1 Å². The van der Waals surface area contributed by atoms with Crippen LogP contribution < -0.4 is 5.32 Å². The summed E-state index contributed by atoms with van der Waals surface area (Å²) in [6, 6.07) is 17.6. The van der Waals surface area contributed by atoms with Crippen molar-refractivity contribution in [3.63, 3.8) is 0 Å². The summed E-state index contributed by atoms with van der Waals surface area (Å²) in [6.07, 6.45) is 2.38. The SMILES string of the molecule is CCc1ccccc1NC(=O)CSc1ncnn1-c1ccccc1. The first-order valence-corrected chi connectivity index (χ1v) is 8.72. The fourth-order valence-corrected chi connectivity index (χ4v) is 3.07. The number of amides is 1. The number of para-hydroxylation sites is 2. The maximum absolute atomic E-state index is 12.2. The predicted octanol–water partition coefficient (Wildman–Crippen LogP) is 3.56. The first-order valence-electron chi connectivity index (χ1n) is 7.74. The molecule has 0 spiro atoms. The molecule has 2 aromatic carbocycles. The number of thioether (sulfide) groups is 1. The van der Waals surface area contributed by atoms with E-state index in [1.807, 2.05) is 54.6 Å². The molecule has 1 aromatic heterocycles. The maximum Gasteiger partial charge on any atom is 0.234 e. The molecule has 122 valence electrons. The van der Waals surface area contributed by atoms with Gasteiger partial charge in [-0.2, -0.15) is 5.10 Å². The van der Waals surface area contributed by atoms with Gasteiger partial charge in [0.15, 0.2) is 5.16 Å². The van der Waals surface area contributed by atoms with E-state index in [1.54, 1.807) is 4.68 Å². The number of nitrogens with one attached hydrogen (secondary N) is 1. The maximum atomic E-state index is 12.2. The van der Waals surface area contributed by atoms with Gasteiger partial charge in [0.1, 0.15) is 6.33 Å². The molecule has 0 fully saturated rings. The summed E-state index contributed by atoms with van der Waals surface area (Å²) < 4.78 is 1.73. The highest BCUT2D eigenvalue weighted by Crippen LogP contribution is 2.20. The number of aromatic nitrogens is 3. The lowest BCUT2D eigenvalue weighted by Crippen LogP contribution is -2.15. The Morgan fingerprint density at radius 1 is 1.12 bits per heavy atom. The number of carbonyl (C=O) groups is 1. The Labute approximate surface area is 145 Å². The molecule has 0 unspecified atom stereocenters. The fraction of sp³-hybridized carbons (Fsp3) is 0.167. The van der Waals surface area contributed by atoms with Crippen LogP contribution in [0.3, 0.4) is 0 Å². The molecular weight excluding hydrogens is 320 g/mol. The van der Waals surface area contributed by atoms with Crippen molar-refractivity contribution in [3.8, 4) is 5.69 Å². The molecule has 5 nitrogen and oxygen atoms in total. The lowest BCUT2D eigenvalue weighted by atomic mass is 10.1. The van der Waals surface area contributed by atoms with Gasteiger partial charge in [-0.1, -0.05) is 55.1 Å². The van der Waals surface area contributed by atoms with Gasteiger partial charge in [0.05, 0.1) is 11.4 Å². The third-order valence-electron chi connectivity index (χ3n) is 3.52. The number of rotatable bonds is 6. The minimum absolute atomic E-state index is 0.0523. The highest BCUT2D eigenvalue weighted by Gasteiger charge is 2.11. The minimum atomic E-state index is -0.0523. The van der Waals surface area contributed by atoms with E-state index < -0.39 is 0 Å². The molecule has 24 heavy (non-hydrogen) atoms. The Kier molecular flexibility index (Phi) is 5.28. The van der Waals surface area contributed by atoms with E-state index in [0.717, 1.165) is 23.4 Å². The normalized spacial score (nSPS) is 10.5. The number of nitrogens with zero attached hydrogens (tertiary/aromatic N) is 3. The van der Waals surface area contributed by atoms with Crippen LogP contribution in [0, 0.1) is 0 Å². The summed E-state index contributed by atoms with van der Waals surface area (Å²) in [4.78, 5) is 16.5. The van der Waals surface area contributed by atoms with E-state index in [-0.39, 0.29) is 11.7 Å². The van der Waals surface area contributed by atoms with Crippen LogP contribution in [-0.2, 0) is 11.2 Å². The molecule has 6 heteroatoms. The predicted molar refractivity (Wildman–Crippen MR) is 96.5 cm³/mol. The standard InChI is InChI=1S/C18H18N4OS/c1-2-14-8-6-7-11-16(14)21-17(23)12-24-18-19-13-20-22(18)15-9-4-3-5-10-15/h3-11,13H,2,12H2,1H3,(H,21,23). The van der Waals surface area contributed by atoms with Gasteiger partial charge in [-0.15, -0.1) is 0 Å². The summed E-state index contributed by atoms with van der Waals surface area (Å²) in [5.41, 5.74) is 2.92. The summed E-state index contributed by atoms with van der Waals surface area (Å²) in [5.74, 6) is 0.229. The van der Waals surface area contributed by atoms with Gasteiger partial charge < -0.3 is 5.32 Å². The Morgan fingerprint density at radius 2 is 1.88 bits per heavy atom. The first kappa shape index (κ1) is 16.3. The minimum Gasteiger partial charge on any atom is -0.325 e. The third kappa shape index (κ3) is 3.83. The number of hydrogen-bond acceptors (Lipinski definition) is 4. The molecule has 1 heterocycles. The van der Waals surface area contributed by atoms with Crippen LogP contribution >= 0.6 is 11.8 Å². The van der Waals surface area contributed by atoms with E-state index in [9.17, 15) is 4.79 Å². The van der Waals surface area contributed by atoms with Gasteiger partial charge in [-0.3, -0.25) is 4.79 Å². The Morgan fingerprint density at radius 3 is 2.67 bits per heavy atom. The molecule has 0 atom stereocenters. The molecular formula is C18H18N4OS. The molecule has 1 amide bonds. The van der Waals surface area contributed by atoms with Gasteiger partial charge in [0, 0.05) is 5.69 Å². The monoisotopic (exact) mass is 338 g/mol. The average Bonchev–Trinajstić information content (AvgIpc) is 3.10. The van der Waals surface area contributed by atoms with Gasteiger partial charge in [0.25, 0.3) is 0 Å². The van der Waals surface area contributed by atoms with Crippen LogP contribution in [-0.4, -0.2) is 26.4 Å². The van der Waals surface area contributed by atoms with Crippen LogP contribution in [0.25, 0.3) is 5.69 Å². The zero-order valence-electron chi connectivity index (χ0n) is 13.3. The van der Waals surface area contributed by atoms with Crippen molar-refractivity contribution in [1.82, 2.24) is 14.8 Å². The van der Waals surface area contributed by atoms with Crippen molar-refractivity contribution < 1.29 is 4.79 Å². The van der Waals surface area contributed by atoms with Crippen molar-refractivity contribution >= 4 is 23.4 Å². The highest BCUT2D eigenvalue weighted by molar-refractivity contribution is 7.99. The van der Waals surface area contributed by atoms with Crippen LogP contribution in [0.4, 0.5) is 5.69 Å². The summed E-state index contributed by atoms with van der Waals surface area (Å²) in [6.45, 7) is 2.07. The van der Waals surface area contributed by atoms with E-state index in [4.69, 9.17) is 0 Å². The van der Waals surface area contributed by atoms with E-state index >= 15 is 0 Å². The molecule has 0 saturated heterocycles. The lowest BCUT2D eigenvalue weighted by Gasteiger charge is -2.09. The Bertz CT molecular complexity index is 817. The smallest absolute Gasteiger partial charge is 0.234 e. The van der Waals surface area contributed by atoms with Crippen molar-refractivity contribution in [3.05, 3.63) is 66.5 Å². The quantitative estimate of drug-likeness (QED) is 0.698. The first-order chi connectivity index (χ1) is 11.8. The van der Waals surface area contributed by atoms with Crippen LogP contribution in [0.2, 0.25) is 0 Å². The number of anilines is 1. The number of hydrogen-bond donors (Lipinski definition) is 1. The molecule has 0 aliphatic rings. The number of carbonyl (C=O) groups excluding carboxylic acids is 1. The highest BCUT2D eigenvalue weighted by atomic mass is 32.2. The Balaban J connectivity index is 1.64. The topological polar surface area (TPSA) is 59.8 Å². The summed E-state index contributed by atoms with van der Waals surface area (Å²) >= 11 is 1.37. The van der Waals surface area contributed by atoms with Crippen LogP contribution in [0.1, 0.15) is 12.5 Å². The molecule has 3 rings (SSSR count). The Hall–Kier alpha value is -2.60. The number of benzene rings is 2. The molecule has 0 radical (unpaired) electrons. The van der Waals surface area contributed by atoms with E-state index in [1.165, 1.54) is 18.1 Å². The second kappa shape index (κ2) is 7.79. The lowest BCUT2D eigenvalue weighted by molar-refractivity contribution is -0.113. The molecule has 3 aromatic rings. The van der Waals surface area contributed by atoms with E-state index in [2.05, 4.69) is 22.3 Å². The number of aryl methyl sites for hydroxylation is 1. The molecule has 0 aliphatic heterocycles. The molecule has 1 N–H and O–H groups in total. The van der Waals surface area contributed by atoms with Gasteiger partial charge in [0.2, 0.25) is 5.91 Å². The zero-order chi connectivity index (χ0) is 16.8. The van der Waals surface area contributed by atoms with Gasteiger partial charge >= 0.3 is 0 Å². The van der Waals surface area contributed by atoms with Crippen molar-refractivity contribution in [2.24, 2.45) is 0 Å².